The molecule has 0 atom stereocenters. The molecule has 4 N–H and O–H groups in total. The van der Waals surface area contributed by atoms with E-state index in [1.807, 2.05) is 38.1 Å². The molecule has 42 heavy (non-hydrogen) atoms. The summed E-state index contributed by atoms with van der Waals surface area (Å²) in [5, 5.41) is 21.8. The van der Waals surface area contributed by atoms with Crippen LogP contribution in [0.2, 0.25) is 0 Å². The Morgan fingerprint density at radius 3 is 0.929 bits per heavy atom. The van der Waals surface area contributed by atoms with E-state index in [9.17, 15) is 19.8 Å². The number of phenolic OH excluding ortho intramolecular Hbond substituents is 2. The van der Waals surface area contributed by atoms with Gasteiger partial charge in [-0.25, -0.2) is 0 Å². The molecule has 0 bridgehead atoms. The Labute approximate surface area is 255 Å². The van der Waals surface area contributed by atoms with Crippen molar-refractivity contribution in [3.63, 3.8) is 0 Å². The van der Waals surface area contributed by atoms with E-state index in [2.05, 4.69) is 93.9 Å². The first kappa shape index (κ1) is 37.0. The number of hydrogen-bond acceptors (Lipinski definition) is 4. The van der Waals surface area contributed by atoms with E-state index in [1.54, 1.807) is 0 Å². The number of benzene rings is 2. The fraction of sp³-hybridized carbons (Fsp3) is 0.611. The highest BCUT2D eigenvalue weighted by atomic mass is 16.3. The van der Waals surface area contributed by atoms with E-state index in [0.717, 1.165) is 33.4 Å². The van der Waals surface area contributed by atoms with Crippen LogP contribution in [0, 0.1) is 0 Å². The Morgan fingerprint density at radius 1 is 0.524 bits per heavy atom. The number of carbonyl (C=O) groups is 2. The Kier molecular flexibility index (Phi) is 12.3. The van der Waals surface area contributed by atoms with Gasteiger partial charge in [-0.1, -0.05) is 121 Å². The van der Waals surface area contributed by atoms with Crippen molar-refractivity contribution in [3.8, 4) is 11.5 Å². The van der Waals surface area contributed by atoms with E-state index in [4.69, 9.17) is 0 Å². The molecular formula is C36H58N2O4. The van der Waals surface area contributed by atoms with Crippen molar-refractivity contribution in [1.29, 1.82) is 0 Å². The molecule has 0 saturated heterocycles. The molecule has 0 saturated carbocycles. The summed E-state index contributed by atoms with van der Waals surface area (Å²) in [5.74, 6) is 0.0908. The van der Waals surface area contributed by atoms with Crippen LogP contribution in [0.1, 0.15) is 143 Å². The van der Waals surface area contributed by atoms with Gasteiger partial charge in [-0.05, 0) is 67.9 Å². The van der Waals surface area contributed by atoms with Gasteiger partial charge >= 0.3 is 0 Å². The summed E-state index contributed by atoms with van der Waals surface area (Å²) in [7, 11) is 0. The van der Waals surface area contributed by atoms with Crippen LogP contribution in [0.25, 0.3) is 0 Å². The highest BCUT2D eigenvalue weighted by molar-refractivity contribution is 5.82. The second-order valence-electron chi connectivity index (χ2n) is 15.2. The lowest BCUT2D eigenvalue weighted by atomic mass is 9.78. The predicted octanol–water partition coefficient (Wildman–Crippen LogP) is 8.03. The number of aromatic hydroxyl groups is 2. The summed E-state index contributed by atoms with van der Waals surface area (Å²) < 4.78 is 0. The summed E-state index contributed by atoms with van der Waals surface area (Å²) in [6, 6.07) is 7.91. The lowest BCUT2D eigenvalue weighted by molar-refractivity contribution is -0.128. The van der Waals surface area contributed by atoms with E-state index in [0.29, 0.717) is 24.3 Å². The Hall–Kier alpha value is -3.02. The third-order valence-electron chi connectivity index (χ3n) is 7.19. The molecule has 2 amide bonds. The molecule has 0 spiro atoms. The van der Waals surface area contributed by atoms with Crippen molar-refractivity contribution in [2.75, 3.05) is 0 Å². The third kappa shape index (κ3) is 10.4. The van der Waals surface area contributed by atoms with Gasteiger partial charge in [-0.2, -0.15) is 0 Å². The number of aryl methyl sites for hydroxylation is 2. The molecule has 0 fully saturated rings. The molecule has 2 aromatic carbocycles. The van der Waals surface area contributed by atoms with Crippen LogP contribution in [0.3, 0.4) is 0 Å². The monoisotopic (exact) mass is 582 g/mol. The number of phenols is 2. The van der Waals surface area contributed by atoms with E-state index in [-0.39, 0.29) is 46.3 Å². The highest BCUT2D eigenvalue weighted by Crippen LogP contribution is 2.41. The minimum atomic E-state index is -0.272. The van der Waals surface area contributed by atoms with Crippen LogP contribution in [0.4, 0.5) is 0 Å². The van der Waals surface area contributed by atoms with Gasteiger partial charge in [0.05, 0.1) is 0 Å². The highest BCUT2D eigenvalue weighted by Gasteiger charge is 2.28. The Balaban J connectivity index is 0.00000431. The van der Waals surface area contributed by atoms with Gasteiger partial charge in [0.2, 0.25) is 11.8 Å². The smallest absolute Gasteiger partial charge is 0.238 e. The van der Waals surface area contributed by atoms with Gasteiger partial charge < -0.3 is 10.2 Å². The number of hydrazine groups is 1. The zero-order valence-electron chi connectivity index (χ0n) is 28.8. The first-order chi connectivity index (χ1) is 19.0. The molecule has 0 aromatic heterocycles. The fourth-order valence-electron chi connectivity index (χ4n) is 4.74. The average molecular weight is 583 g/mol. The van der Waals surface area contributed by atoms with Crippen molar-refractivity contribution >= 4 is 11.8 Å². The molecule has 0 radical (unpaired) electrons. The predicted molar refractivity (Wildman–Crippen MR) is 175 cm³/mol. The lowest BCUT2D eigenvalue weighted by Crippen LogP contribution is -2.41. The van der Waals surface area contributed by atoms with E-state index >= 15 is 0 Å². The lowest BCUT2D eigenvalue weighted by Gasteiger charge is -2.28. The van der Waals surface area contributed by atoms with Gasteiger partial charge in [0.15, 0.2) is 0 Å². The first-order valence-corrected chi connectivity index (χ1v) is 15.3. The molecule has 2 aromatic rings. The van der Waals surface area contributed by atoms with Crippen LogP contribution < -0.4 is 10.9 Å². The molecule has 0 aliphatic rings. The molecule has 2 rings (SSSR count). The number of hydrogen-bond donors (Lipinski definition) is 4. The van der Waals surface area contributed by atoms with Crippen molar-refractivity contribution in [3.05, 3.63) is 57.6 Å². The second-order valence-corrected chi connectivity index (χ2v) is 15.2. The molecular weight excluding hydrogens is 524 g/mol. The third-order valence-corrected chi connectivity index (χ3v) is 7.19. The SMILES string of the molecule is CC.CC(C)(C)c1cc(CCC(=O)NNC(=O)CCc2cc(C(C)(C)C)c(O)c(C(C)(C)C)c2)cc(C(C)(C)C)c1O. The maximum absolute atomic E-state index is 12.6. The second kappa shape index (κ2) is 14.0. The zero-order chi connectivity index (χ0) is 32.8. The van der Waals surface area contributed by atoms with Gasteiger partial charge in [0.25, 0.3) is 0 Å². The molecule has 0 unspecified atom stereocenters. The average Bonchev–Trinajstić information content (AvgIpc) is 2.84. The largest absolute Gasteiger partial charge is 0.507 e. The maximum atomic E-state index is 12.6. The van der Waals surface area contributed by atoms with Crippen LogP contribution in [-0.2, 0) is 44.1 Å². The Bertz CT molecular complexity index is 1070. The quantitative estimate of drug-likeness (QED) is 0.259. The van der Waals surface area contributed by atoms with Gasteiger partial charge in [-0.3, -0.25) is 20.4 Å². The summed E-state index contributed by atoms with van der Waals surface area (Å²) in [6.07, 6.45) is 1.40. The molecule has 0 aliphatic heterocycles. The minimum absolute atomic E-state index is 0.208. The van der Waals surface area contributed by atoms with E-state index in [1.165, 1.54) is 0 Å². The number of carbonyl (C=O) groups excluding carboxylic acids is 2. The first-order valence-electron chi connectivity index (χ1n) is 15.3. The summed E-state index contributed by atoms with van der Waals surface area (Å²) in [5.41, 5.74) is 9.53. The molecule has 0 heterocycles. The van der Waals surface area contributed by atoms with Crippen molar-refractivity contribution in [2.45, 2.75) is 144 Å². The van der Waals surface area contributed by atoms with Crippen molar-refractivity contribution in [1.82, 2.24) is 10.9 Å². The standard InChI is InChI=1S/C34H52N2O4.C2H6/c1-31(2,3)23-17-21(18-24(29(23)39)32(4,5)6)13-15-27(37)35-36-28(38)16-14-22-19-25(33(7,8)9)30(40)26(20-22)34(10,11)12;1-2/h17-20,39-40H,13-16H2,1-12H3,(H,35,37)(H,36,38);1-2H3. The maximum Gasteiger partial charge on any atom is 0.238 e. The molecule has 236 valence electrons. The number of rotatable bonds is 6. The zero-order valence-corrected chi connectivity index (χ0v) is 28.8. The summed E-state index contributed by atoms with van der Waals surface area (Å²) in [6.45, 7) is 28.7. The van der Waals surface area contributed by atoms with Gasteiger partial charge in [-0.15, -0.1) is 0 Å². The molecule has 0 aliphatic carbocycles. The number of amides is 2. The normalized spacial score (nSPS) is 12.3. The van der Waals surface area contributed by atoms with Crippen LogP contribution >= 0.6 is 0 Å². The van der Waals surface area contributed by atoms with Crippen molar-refractivity contribution < 1.29 is 19.8 Å². The topological polar surface area (TPSA) is 98.7 Å². The summed E-state index contributed by atoms with van der Waals surface area (Å²) >= 11 is 0. The number of nitrogens with one attached hydrogen (secondary N) is 2. The molecule has 6 nitrogen and oxygen atoms in total. The molecule has 6 heteroatoms. The van der Waals surface area contributed by atoms with Crippen LogP contribution in [0.5, 0.6) is 11.5 Å². The van der Waals surface area contributed by atoms with E-state index < -0.39 is 0 Å². The van der Waals surface area contributed by atoms with Gasteiger partial charge in [0.1, 0.15) is 11.5 Å². The Morgan fingerprint density at radius 2 is 0.738 bits per heavy atom. The van der Waals surface area contributed by atoms with Crippen LogP contribution in [-0.4, -0.2) is 22.0 Å². The summed E-state index contributed by atoms with van der Waals surface area (Å²) in [4.78, 5) is 25.1. The van der Waals surface area contributed by atoms with Crippen LogP contribution in [0.15, 0.2) is 24.3 Å². The fourth-order valence-corrected chi connectivity index (χ4v) is 4.74. The van der Waals surface area contributed by atoms with Crippen molar-refractivity contribution in [2.24, 2.45) is 0 Å². The minimum Gasteiger partial charge on any atom is -0.507 e. The van der Waals surface area contributed by atoms with Gasteiger partial charge in [0, 0.05) is 12.8 Å².